The third kappa shape index (κ3) is 5.28. The number of ether oxygens (including phenoxy) is 3. The second kappa shape index (κ2) is 9.63. The zero-order valence-corrected chi connectivity index (χ0v) is 15.6. The van der Waals surface area contributed by atoms with Crippen LogP contribution in [-0.2, 0) is 9.53 Å². The molecule has 0 aliphatic rings. The number of rotatable bonds is 8. The maximum Gasteiger partial charge on any atom is 0.339 e. The van der Waals surface area contributed by atoms with Crippen LogP contribution in [0.3, 0.4) is 0 Å². The van der Waals surface area contributed by atoms with Crippen molar-refractivity contribution in [1.82, 2.24) is 0 Å². The first-order valence-electron chi connectivity index (χ1n) is 8.35. The summed E-state index contributed by atoms with van der Waals surface area (Å²) in [7, 11) is 1.39. The number of nitrogens with one attached hydrogen (secondary N) is 1. The van der Waals surface area contributed by atoms with Crippen molar-refractivity contribution in [3.63, 3.8) is 0 Å². The molecule has 0 fully saturated rings. The Morgan fingerprint density at radius 3 is 2.52 bits per heavy atom. The minimum atomic E-state index is -1.72. The van der Waals surface area contributed by atoms with Crippen LogP contribution in [0.4, 0.5) is 18.9 Å². The molecule has 0 aliphatic heterocycles. The molecule has 1 amide bonds. The maximum atomic E-state index is 13.7. The lowest BCUT2D eigenvalue weighted by molar-refractivity contribution is -0.123. The van der Waals surface area contributed by atoms with Crippen LogP contribution in [-0.4, -0.2) is 31.7 Å². The molecule has 1 atom stereocenters. The van der Waals surface area contributed by atoms with E-state index >= 15 is 0 Å². The molecule has 0 saturated carbocycles. The van der Waals surface area contributed by atoms with E-state index in [2.05, 4.69) is 6.58 Å². The Morgan fingerprint density at radius 1 is 1.14 bits per heavy atom. The summed E-state index contributed by atoms with van der Waals surface area (Å²) in [5, 5.41) is 2.04. The predicted molar refractivity (Wildman–Crippen MR) is 98.5 cm³/mol. The molecule has 0 heterocycles. The van der Waals surface area contributed by atoms with E-state index in [-0.39, 0.29) is 17.9 Å². The summed E-state index contributed by atoms with van der Waals surface area (Å²) in [4.78, 5) is 24.4. The van der Waals surface area contributed by atoms with Gasteiger partial charge in [-0.3, -0.25) is 4.79 Å². The summed E-state index contributed by atoms with van der Waals surface area (Å²) >= 11 is 0. The lowest BCUT2D eigenvalue weighted by atomic mass is 10.2. The average Bonchev–Trinajstić information content (AvgIpc) is 2.72. The number of hydrogen-bond donors (Lipinski definition) is 1. The number of carbonyl (C=O) groups is 2. The summed E-state index contributed by atoms with van der Waals surface area (Å²) in [5.74, 6) is -5.82. The Hall–Kier alpha value is -3.49. The van der Waals surface area contributed by atoms with Gasteiger partial charge in [-0.15, -0.1) is 0 Å². The first-order chi connectivity index (χ1) is 13.8. The number of amides is 1. The molecule has 0 aliphatic carbocycles. The Kier molecular flexibility index (Phi) is 7.24. The molecule has 0 saturated heterocycles. The van der Waals surface area contributed by atoms with Crippen LogP contribution in [0.15, 0.2) is 43.0 Å². The van der Waals surface area contributed by atoms with Crippen LogP contribution >= 0.6 is 0 Å². The highest BCUT2D eigenvalue weighted by molar-refractivity contribution is 5.97. The number of methoxy groups -OCH3 is 1. The molecule has 9 heteroatoms. The normalized spacial score (nSPS) is 11.3. The van der Waals surface area contributed by atoms with Gasteiger partial charge in [0.15, 0.2) is 35.1 Å². The van der Waals surface area contributed by atoms with Gasteiger partial charge in [0.1, 0.15) is 6.61 Å². The molecule has 2 aromatic carbocycles. The number of benzene rings is 2. The third-order valence-corrected chi connectivity index (χ3v) is 3.70. The van der Waals surface area contributed by atoms with Gasteiger partial charge in [0, 0.05) is 0 Å². The van der Waals surface area contributed by atoms with Crippen molar-refractivity contribution in [2.75, 3.05) is 19.0 Å². The highest BCUT2D eigenvalue weighted by Crippen LogP contribution is 2.28. The molecular formula is C20H18F3NO5. The van der Waals surface area contributed by atoms with Gasteiger partial charge in [-0.25, -0.2) is 18.0 Å². The highest BCUT2D eigenvalue weighted by Gasteiger charge is 2.22. The van der Waals surface area contributed by atoms with Gasteiger partial charge >= 0.3 is 5.97 Å². The lowest BCUT2D eigenvalue weighted by Crippen LogP contribution is -2.30. The smallest absolute Gasteiger partial charge is 0.339 e. The van der Waals surface area contributed by atoms with Gasteiger partial charge in [-0.1, -0.05) is 12.7 Å². The lowest BCUT2D eigenvalue weighted by Gasteiger charge is -2.15. The van der Waals surface area contributed by atoms with E-state index in [0.29, 0.717) is 11.8 Å². The van der Waals surface area contributed by atoms with Gasteiger partial charge in [-0.05, 0) is 37.3 Å². The van der Waals surface area contributed by atoms with E-state index in [1.807, 2.05) is 5.32 Å². The number of carbonyl (C=O) groups excluding carboxylic acids is 2. The summed E-state index contributed by atoms with van der Waals surface area (Å²) in [5.41, 5.74) is -0.506. The Balaban J connectivity index is 2.07. The summed E-state index contributed by atoms with van der Waals surface area (Å²) < 4.78 is 55.4. The van der Waals surface area contributed by atoms with E-state index in [9.17, 15) is 22.8 Å². The van der Waals surface area contributed by atoms with Crippen molar-refractivity contribution in [1.29, 1.82) is 0 Å². The van der Waals surface area contributed by atoms with Gasteiger partial charge < -0.3 is 19.5 Å². The Labute approximate surface area is 164 Å². The topological polar surface area (TPSA) is 73.9 Å². The molecule has 0 radical (unpaired) electrons. The quantitative estimate of drug-likeness (QED) is 0.407. The van der Waals surface area contributed by atoms with Gasteiger partial charge in [0.2, 0.25) is 0 Å². The molecule has 1 unspecified atom stereocenters. The molecular weight excluding hydrogens is 391 g/mol. The monoisotopic (exact) mass is 409 g/mol. The van der Waals surface area contributed by atoms with Crippen LogP contribution in [0, 0.1) is 17.5 Å². The van der Waals surface area contributed by atoms with Gasteiger partial charge in [-0.2, -0.15) is 0 Å². The zero-order valence-electron chi connectivity index (χ0n) is 15.6. The second-order valence-electron chi connectivity index (χ2n) is 5.73. The third-order valence-electron chi connectivity index (χ3n) is 3.70. The van der Waals surface area contributed by atoms with Crippen molar-refractivity contribution in [3.05, 3.63) is 66.0 Å². The van der Waals surface area contributed by atoms with E-state index in [4.69, 9.17) is 14.2 Å². The molecule has 6 nitrogen and oxygen atoms in total. The minimum absolute atomic E-state index is 0.0754. The molecule has 0 aromatic heterocycles. The van der Waals surface area contributed by atoms with E-state index < -0.39 is 41.1 Å². The number of halogens is 3. The van der Waals surface area contributed by atoms with Crippen LogP contribution in [0.25, 0.3) is 0 Å². The maximum absolute atomic E-state index is 13.7. The predicted octanol–water partition coefficient (Wildman–Crippen LogP) is 3.86. The van der Waals surface area contributed by atoms with Crippen LogP contribution in [0.5, 0.6) is 11.5 Å². The Morgan fingerprint density at radius 2 is 1.86 bits per heavy atom. The van der Waals surface area contributed by atoms with E-state index in [1.165, 1.54) is 38.3 Å². The van der Waals surface area contributed by atoms with Crippen LogP contribution < -0.4 is 14.8 Å². The van der Waals surface area contributed by atoms with Crippen molar-refractivity contribution in [2.24, 2.45) is 0 Å². The summed E-state index contributed by atoms with van der Waals surface area (Å²) in [6.45, 7) is 5.00. The van der Waals surface area contributed by atoms with Crippen molar-refractivity contribution < 1.29 is 37.0 Å². The molecule has 0 spiro atoms. The summed E-state index contributed by atoms with van der Waals surface area (Å²) in [6, 6.07) is 5.77. The van der Waals surface area contributed by atoms with E-state index in [0.717, 1.165) is 6.07 Å². The van der Waals surface area contributed by atoms with Crippen molar-refractivity contribution in [3.8, 4) is 11.5 Å². The molecule has 0 bridgehead atoms. The number of hydrogen-bond acceptors (Lipinski definition) is 5. The second-order valence-corrected chi connectivity index (χ2v) is 5.73. The highest BCUT2D eigenvalue weighted by atomic mass is 19.2. The standard InChI is InChI=1S/C20H18F3NO5/c1-4-9-28-15-8-5-12(10-16(15)27-3)20(26)29-11(2)19(25)24-14-7-6-13(21)17(22)18(14)23/h4-8,10-11H,1,9H2,2-3H3,(H,24,25). The average molecular weight is 409 g/mol. The van der Waals surface area contributed by atoms with Crippen molar-refractivity contribution in [2.45, 2.75) is 13.0 Å². The fourth-order valence-corrected chi connectivity index (χ4v) is 2.20. The molecule has 154 valence electrons. The Bertz CT molecular complexity index is 933. The fraction of sp³-hybridized carbons (Fsp3) is 0.200. The minimum Gasteiger partial charge on any atom is -0.493 e. The molecule has 29 heavy (non-hydrogen) atoms. The number of anilines is 1. The number of esters is 1. The largest absolute Gasteiger partial charge is 0.493 e. The van der Waals surface area contributed by atoms with E-state index in [1.54, 1.807) is 0 Å². The van der Waals surface area contributed by atoms with Crippen LogP contribution in [0.1, 0.15) is 17.3 Å². The molecule has 2 rings (SSSR count). The fourth-order valence-electron chi connectivity index (χ4n) is 2.20. The van der Waals surface area contributed by atoms with Gasteiger partial charge in [0.05, 0.1) is 18.4 Å². The first kappa shape index (κ1) is 21.8. The molecule has 1 N–H and O–H groups in total. The first-order valence-corrected chi connectivity index (χ1v) is 8.35. The van der Waals surface area contributed by atoms with Gasteiger partial charge in [0.25, 0.3) is 5.91 Å². The van der Waals surface area contributed by atoms with Crippen LogP contribution in [0.2, 0.25) is 0 Å². The van der Waals surface area contributed by atoms with Crippen molar-refractivity contribution >= 4 is 17.6 Å². The zero-order chi connectivity index (χ0) is 21.6. The summed E-state index contributed by atoms with van der Waals surface area (Å²) in [6.07, 6.45) is 0.190. The SMILES string of the molecule is C=CCOc1ccc(C(=O)OC(C)C(=O)Nc2ccc(F)c(F)c2F)cc1OC. The molecule has 2 aromatic rings.